The van der Waals surface area contributed by atoms with Gasteiger partial charge < -0.3 is 56.8 Å². The van der Waals surface area contributed by atoms with Crippen molar-refractivity contribution in [2.75, 3.05) is 20.3 Å². The summed E-state index contributed by atoms with van der Waals surface area (Å²) in [6.45, 7) is 6.96. The van der Waals surface area contributed by atoms with Crippen LogP contribution in [0, 0.1) is 0 Å². The Kier molecular flexibility index (Phi) is 22.4. The fraction of sp³-hybridized carbons (Fsp3) is 0.296. The first-order valence-electron chi connectivity index (χ1n) is 28.4. The van der Waals surface area contributed by atoms with Crippen molar-refractivity contribution in [3.05, 3.63) is 293 Å². The van der Waals surface area contributed by atoms with E-state index >= 15 is 0 Å². The van der Waals surface area contributed by atoms with E-state index in [1.54, 1.807) is 7.11 Å². The lowest BCUT2D eigenvalue weighted by atomic mass is 9.97. The van der Waals surface area contributed by atoms with Crippen molar-refractivity contribution in [2.24, 2.45) is 0 Å². The second-order valence-electron chi connectivity index (χ2n) is 20.6. The molecule has 8 aromatic carbocycles. The molecule has 0 radical (unpaired) electrons. The summed E-state index contributed by atoms with van der Waals surface area (Å²) in [4.78, 5) is 0. The monoisotopic (exact) mass is 1120 g/mol. The third-order valence-electron chi connectivity index (χ3n) is 14.7. The topological polar surface area (TPSA) is 111 Å². The van der Waals surface area contributed by atoms with Gasteiger partial charge in [-0.05, 0) is 44.5 Å². The SMILES string of the molecule is C=C(OC[C@H]1O[C@H](OC)[C@H](OCc2ccccc2)[C@@H](OCc2ccccc2)[C@@H]1OCc1ccccc1)c1ccccc1CO[C@@H]1O[C@H](COCc2ccccc2)[C@@H](OCc2ccccc2)[C@H](OCc2ccccc2)[C@H]1OCc1ccccc1. The van der Waals surface area contributed by atoms with Crippen LogP contribution in [0.15, 0.2) is 243 Å². The van der Waals surface area contributed by atoms with Crippen molar-refractivity contribution in [3.63, 3.8) is 0 Å². The number of hydrogen-bond acceptors (Lipinski definition) is 12. The van der Waals surface area contributed by atoms with E-state index in [0.29, 0.717) is 38.8 Å². The quantitative estimate of drug-likeness (QED) is 0.0400. The largest absolute Gasteiger partial charge is 0.491 e. The van der Waals surface area contributed by atoms with Crippen LogP contribution in [-0.4, -0.2) is 81.7 Å². The smallest absolute Gasteiger partial charge is 0.187 e. The molecule has 2 aliphatic heterocycles. The van der Waals surface area contributed by atoms with Crippen molar-refractivity contribution in [1.82, 2.24) is 0 Å². The zero-order valence-corrected chi connectivity index (χ0v) is 47.0. The fourth-order valence-corrected chi connectivity index (χ4v) is 10.3. The van der Waals surface area contributed by atoms with Crippen molar-refractivity contribution >= 4 is 5.76 Å². The third kappa shape index (κ3) is 17.2. The van der Waals surface area contributed by atoms with Crippen molar-refractivity contribution in [1.29, 1.82) is 0 Å². The van der Waals surface area contributed by atoms with Crippen LogP contribution in [0.3, 0.4) is 0 Å². The lowest BCUT2D eigenvalue weighted by Gasteiger charge is -2.46. The van der Waals surface area contributed by atoms with Crippen LogP contribution in [0.4, 0.5) is 0 Å². The van der Waals surface area contributed by atoms with E-state index in [4.69, 9.17) is 56.8 Å². The minimum Gasteiger partial charge on any atom is -0.491 e. The first kappa shape index (κ1) is 59.0. The normalized spacial score (nSPS) is 22.4. The highest BCUT2D eigenvalue weighted by molar-refractivity contribution is 5.61. The van der Waals surface area contributed by atoms with E-state index in [2.05, 4.69) is 6.58 Å². The predicted molar refractivity (Wildman–Crippen MR) is 317 cm³/mol. The summed E-state index contributed by atoms with van der Waals surface area (Å²) < 4.78 is 81.4. The van der Waals surface area contributed by atoms with Crippen LogP contribution in [-0.2, 0) is 110 Å². The van der Waals surface area contributed by atoms with Gasteiger partial charge in [0.25, 0.3) is 0 Å². The Balaban J connectivity index is 0.909. The number of benzene rings is 8. The molecular formula is C71H74O12. The minimum atomic E-state index is -0.947. The lowest BCUT2D eigenvalue weighted by Crippen LogP contribution is -2.61. The fourth-order valence-electron chi connectivity index (χ4n) is 10.3. The van der Waals surface area contributed by atoms with E-state index in [1.807, 2.05) is 237 Å². The van der Waals surface area contributed by atoms with Gasteiger partial charge in [0.15, 0.2) is 12.6 Å². The van der Waals surface area contributed by atoms with Gasteiger partial charge in [0.2, 0.25) is 0 Å². The van der Waals surface area contributed by atoms with Crippen molar-refractivity contribution < 1.29 is 56.8 Å². The van der Waals surface area contributed by atoms with Crippen LogP contribution in [0.25, 0.3) is 5.76 Å². The molecule has 0 N–H and O–H groups in total. The number of hydrogen-bond donors (Lipinski definition) is 0. The van der Waals surface area contributed by atoms with Gasteiger partial charge in [0.05, 0.1) is 59.5 Å². The molecule has 2 fully saturated rings. The summed E-state index contributed by atoms with van der Waals surface area (Å²) >= 11 is 0. The Hall–Kier alpha value is -7.14. The van der Waals surface area contributed by atoms with Crippen molar-refractivity contribution in [3.8, 4) is 0 Å². The molecule has 8 aromatic rings. The summed E-state index contributed by atoms with van der Waals surface area (Å²) in [7, 11) is 1.61. The molecule has 0 amide bonds. The Morgan fingerprint density at radius 2 is 0.639 bits per heavy atom. The van der Waals surface area contributed by atoms with Crippen LogP contribution in [0.2, 0.25) is 0 Å². The van der Waals surface area contributed by atoms with E-state index in [-0.39, 0.29) is 33.0 Å². The minimum absolute atomic E-state index is 0.0422. The Morgan fingerprint density at radius 1 is 0.325 bits per heavy atom. The molecule has 0 unspecified atom stereocenters. The summed E-state index contributed by atoms with van der Waals surface area (Å²) in [6, 6.07) is 78.3. The maximum atomic E-state index is 7.06. The molecule has 0 bridgehead atoms. The van der Waals surface area contributed by atoms with E-state index in [0.717, 1.165) is 50.1 Å². The molecule has 0 spiro atoms. The lowest BCUT2D eigenvalue weighted by molar-refractivity contribution is -0.330. The molecule has 0 aliphatic carbocycles. The molecule has 430 valence electrons. The van der Waals surface area contributed by atoms with E-state index < -0.39 is 61.4 Å². The Morgan fingerprint density at radius 3 is 1.04 bits per heavy atom. The summed E-state index contributed by atoms with van der Waals surface area (Å²) in [5.74, 6) is 0.403. The molecule has 83 heavy (non-hydrogen) atoms. The standard InChI is InChI=1S/C71H74O12/c1-52(74-51-63-65(76-44-55-30-14-5-15-31-55)66(77-45-56-32-16-6-17-33-56)68(70(72-2)82-63)79-47-58-36-20-8-21-37-58)61-41-25-24-40-60(61)49-81-71-69(80-48-59-38-22-9-23-39-59)67(78-46-57-34-18-7-19-35-57)64(75-43-54-28-12-4-13-29-54)62(83-71)50-73-42-53-26-10-3-11-27-53/h3-41,62-71H,1,42-51H2,2H3/t62-,63-,64-,65-,66+,67+,68-,69-,70+,71-/m1/s1. The summed E-state index contributed by atoms with van der Waals surface area (Å²) in [5.41, 5.74) is 8.56. The highest BCUT2D eigenvalue weighted by Crippen LogP contribution is 2.35. The van der Waals surface area contributed by atoms with E-state index in [1.165, 1.54) is 0 Å². The first-order chi connectivity index (χ1) is 41.0. The molecule has 2 heterocycles. The molecule has 2 saturated heterocycles. The summed E-state index contributed by atoms with van der Waals surface area (Å²) in [5, 5.41) is 0. The van der Waals surface area contributed by atoms with Gasteiger partial charge in [-0.3, -0.25) is 0 Å². The van der Waals surface area contributed by atoms with Gasteiger partial charge in [-0.25, -0.2) is 0 Å². The highest BCUT2D eigenvalue weighted by atomic mass is 16.7. The first-order valence-corrected chi connectivity index (χ1v) is 28.4. The van der Waals surface area contributed by atoms with Gasteiger partial charge >= 0.3 is 0 Å². The van der Waals surface area contributed by atoms with Gasteiger partial charge in [0, 0.05) is 12.7 Å². The average Bonchev–Trinajstić information content (AvgIpc) is 3.73. The molecular weight excluding hydrogens is 1040 g/mol. The number of ether oxygens (including phenoxy) is 12. The highest BCUT2D eigenvalue weighted by Gasteiger charge is 2.51. The molecule has 10 atom stereocenters. The molecule has 10 rings (SSSR count). The zero-order valence-electron chi connectivity index (χ0n) is 47.0. The second kappa shape index (κ2) is 31.5. The second-order valence-corrected chi connectivity index (χ2v) is 20.6. The molecule has 0 saturated carbocycles. The molecule has 12 nitrogen and oxygen atoms in total. The van der Waals surface area contributed by atoms with Crippen LogP contribution < -0.4 is 0 Å². The molecule has 12 heteroatoms. The maximum absolute atomic E-state index is 7.06. The Labute approximate surface area is 488 Å². The van der Waals surface area contributed by atoms with Crippen LogP contribution >= 0.6 is 0 Å². The average molecular weight is 1120 g/mol. The Bertz CT molecular complexity index is 3090. The third-order valence-corrected chi connectivity index (χ3v) is 14.7. The van der Waals surface area contributed by atoms with E-state index in [9.17, 15) is 0 Å². The zero-order chi connectivity index (χ0) is 56.7. The van der Waals surface area contributed by atoms with Gasteiger partial charge in [-0.2, -0.15) is 0 Å². The van der Waals surface area contributed by atoms with Crippen LogP contribution in [0.5, 0.6) is 0 Å². The number of methoxy groups -OCH3 is 1. The van der Waals surface area contributed by atoms with Gasteiger partial charge in [-0.1, -0.05) is 243 Å². The predicted octanol–water partition coefficient (Wildman–Crippen LogP) is 13.0. The van der Waals surface area contributed by atoms with Crippen molar-refractivity contribution in [2.45, 2.75) is 114 Å². The molecule has 2 aliphatic rings. The van der Waals surface area contributed by atoms with Crippen LogP contribution in [0.1, 0.15) is 50.1 Å². The van der Waals surface area contributed by atoms with Gasteiger partial charge in [-0.15, -0.1) is 0 Å². The molecule has 0 aromatic heterocycles. The van der Waals surface area contributed by atoms with Gasteiger partial charge in [0.1, 0.15) is 61.2 Å². The number of rotatable bonds is 30. The maximum Gasteiger partial charge on any atom is 0.187 e. The summed E-state index contributed by atoms with van der Waals surface area (Å²) in [6.07, 6.45) is -7.16.